The molecule has 190 valence electrons. The standard InChI is InChI=1S/C26H39NO7/c1-5-16-11-26(16,24(32)33)12-21(29)20-9-17(28)13-27(20)23(31)19(25(2,3)4)10-22(30)34-18-7-14-6-15(14)8-18/h14-20,28H,5-13H2,1-4H3,(H,32,33)/t14?,15?,16?,17-,18?,19-,20?,26?/m1/s1. The van der Waals surface area contributed by atoms with Crippen molar-refractivity contribution in [2.45, 2.75) is 97.3 Å². The van der Waals surface area contributed by atoms with E-state index >= 15 is 0 Å². The van der Waals surface area contributed by atoms with Crippen LogP contribution < -0.4 is 0 Å². The number of esters is 1. The van der Waals surface area contributed by atoms with E-state index in [0.717, 1.165) is 12.8 Å². The second-order valence-electron chi connectivity index (χ2n) is 12.3. The van der Waals surface area contributed by atoms with E-state index in [1.807, 2.05) is 27.7 Å². The summed E-state index contributed by atoms with van der Waals surface area (Å²) >= 11 is 0. The zero-order valence-electron chi connectivity index (χ0n) is 20.8. The molecule has 1 aliphatic heterocycles. The van der Waals surface area contributed by atoms with Gasteiger partial charge in [0.1, 0.15) is 6.10 Å². The molecule has 2 N–H and O–H groups in total. The van der Waals surface area contributed by atoms with E-state index in [-0.39, 0.29) is 49.5 Å². The number of carbonyl (C=O) groups excluding carboxylic acids is 3. The number of amides is 1. The molecule has 4 fully saturated rings. The predicted octanol–water partition coefficient (Wildman–Crippen LogP) is 2.80. The number of carboxylic acid groups (broad SMARTS) is 1. The number of nitrogens with zero attached hydrogens (tertiary/aromatic N) is 1. The molecule has 34 heavy (non-hydrogen) atoms. The number of fused-ring (bicyclic) bond motifs is 1. The molecule has 1 amide bonds. The van der Waals surface area contributed by atoms with Crippen LogP contribution in [0.25, 0.3) is 0 Å². The summed E-state index contributed by atoms with van der Waals surface area (Å²) in [7, 11) is 0. The summed E-state index contributed by atoms with van der Waals surface area (Å²) in [5.41, 5.74) is -1.61. The molecule has 8 nitrogen and oxygen atoms in total. The number of β-amino-alcohol motifs (C(OH)–C–C–N with tert-alkyl or cyclic N) is 1. The molecular weight excluding hydrogens is 438 g/mol. The highest BCUT2D eigenvalue weighted by atomic mass is 16.5. The molecule has 0 aromatic carbocycles. The number of Topliss-reactive ketones (excluding diaryl/α,β-unsaturated/α-hetero) is 1. The molecule has 4 rings (SSSR count). The normalized spacial score (nSPS) is 37.1. The number of ketones is 1. The number of likely N-dealkylation sites (tertiary alicyclic amines) is 1. The van der Waals surface area contributed by atoms with E-state index in [1.54, 1.807) is 0 Å². The second-order valence-corrected chi connectivity index (χ2v) is 12.3. The van der Waals surface area contributed by atoms with E-state index in [0.29, 0.717) is 24.7 Å². The Hall–Kier alpha value is -1.96. The number of rotatable bonds is 9. The van der Waals surface area contributed by atoms with Crippen molar-refractivity contribution in [1.82, 2.24) is 4.90 Å². The summed E-state index contributed by atoms with van der Waals surface area (Å²) in [6.45, 7) is 7.57. The molecule has 7 atom stereocenters. The van der Waals surface area contributed by atoms with Crippen LogP contribution in [0.4, 0.5) is 0 Å². The molecule has 1 saturated heterocycles. The van der Waals surface area contributed by atoms with Gasteiger partial charge >= 0.3 is 11.9 Å². The molecule has 4 aliphatic rings. The highest BCUT2D eigenvalue weighted by Crippen LogP contribution is 2.57. The minimum atomic E-state index is -1.05. The summed E-state index contributed by atoms with van der Waals surface area (Å²) in [6.07, 6.45) is 3.18. The number of carbonyl (C=O) groups is 4. The van der Waals surface area contributed by atoms with Crippen LogP contribution in [-0.4, -0.2) is 63.5 Å². The van der Waals surface area contributed by atoms with Crippen LogP contribution in [0.15, 0.2) is 0 Å². The summed E-state index contributed by atoms with van der Waals surface area (Å²) < 4.78 is 5.68. The third-order valence-corrected chi connectivity index (χ3v) is 8.79. The fourth-order valence-corrected chi connectivity index (χ4v) is 6.38. The van der Waals surface area contributed by atoms with Crippen molar-refractivity contribution in [1.29, 1.82) is 0 Å². The highest BCUT2D eigenvalue weighted by molar-refractivity contribution is 5.95. The average molecular weight is 478 g/mol. The first-order chi connectivity index (χ1) is 15.9. The Kier molecular flexibility index (Phi) is 6.60. The van der Waals surface area contributed by atoms with E-state index in [9.17, 15) is 29.4 Å². The average Bonchev–Trinajstić information content (AvgIpc) is 3.56. The number of carboxylic acids is 1. The zero-order chi connectivity index (χ0) is 25.0. The van der Waals surface area contributed by atoms with Gasteiger partial charge in [-0.2, -0.15) is 0 Å². The Morgan fingerprint density at radius 3 is 2.26 bits per heavy atom. The minimum Gasteiger partial charge on any atom is -0.481 e. The van der Waals surface area contributed by atoms with Gasteiger partial charge in [0.25, 0.3) is 0 Å². The van der Waals surface area contributed by atoms with Crippen LogP contribution >= 0.6 is 0 Å². The molecule has 0 bridgehead atoms. The quantitative estimate of drug-likeness (QED) is 0.490. The van der Waals surface area contributed by atoms with E-state index in [1.165, 1.54) is 11.3 Å². The van der Waals surface area contributed by atoms with Gasteiger partial charge in [0.15, 0.2) is 5.78 Å². The van der Waals surface area contributed by atoms with Gasteiger partial charge in [-0.15, -0.1) is 0 Å². The maximum Gasteiger partial charge on any atom is 0.310 e. The monoisotopic (exact) mass is 477 g/mol. The first-order valence-electron chi connectivity index (χ1n) is 12.8. The number of hydrogen-bond acceptors (Lipinski definition) is 6. The molecular formula is C26H39NO7. The Bertz CT molecular complexity index is 854. The Morgan fingerprint density at radius 2 is 1.74 bits per heavy atom. The van der Waals surface area contributed by atoms with Crippen LogP contribution in [-0.2, 0) is 23.9 Å². The SMILES string of the molecule is CCC1CC1(CC(=O)C1C[C@@H](O)CN1C(=O)[C@@H](CC(=O)OC1CC2CC2C1)C(C)(C)C)C(=O)O. The van der Waals surface area contributed by atoms with Crippen molar-refractivity contribution in [3.05, 3.63) is 0 Å². The number of ether oxygens (including phenoxy) is 1. The minimum absolute atomic E-state index is 0.0140. The van der Waals surface area contributed by atoms with Crippen LogP contribution in [0.5, 0.6) is 0 Å². The third-order valence-electron chi connectivity index (χ3n) is 8.79. The van der Waals surface area contributed by atoms with E-state index in [4.69, 9.17) is 4.74 Å². The second kappa shape index (κ2) is 8.92. The smallest absolute Gasteiger partial charge is 0.310 e. The molecule has 1 heterocycles. The molecule has 0 radical (unpaired) electrons. The fourth-order valence-electron chi connectivity index (χ4n) is 6.38. The lowest BCUT2D eigenvalue weighted by molar-refractivity contribution is -0.157. The van der Waals surface area contributed by atoms with Crippen molar-refractivity contribution in [3.63, 3.8) is 0 Å². The summed E-state index contributed by atoms with van der Waals surface area (Å²) in [4.78, 5) is 52.9. The van der Waals surface area contributed by atoms with Gasteiger partial charge in [-0.3, -0.25) is 19.2 Å². The van der Waals surface area contributed by atoms with Gasteiger partial charge in [0, 0.05) is 19.4 Å². The van der Waals surface area contributed by atoms with Crippen LogP contribution in [0, 0.1) is 34.5 Å². The van der Waals surface area contributed by atoms with Crippen molar-refractivity contribution in [2.75, 3.05) is 6.54 Å². The molecule has 8 heteroatoms. The van der Waals surface area contributed by atoms with Crippen LogP contribution in [0.1, 0.15) is 79.1 Å². The third kappa shape index (κ3) is 4.88. The number of hydrogen-bond donors (Lipinski definition) is 2. The molecule has 3 saturated carbocycles. The largest absolute Gasteiger partial charge is 0.481 e. The molecule has 0 aromatic rings. The number of aliphatic hydroxyl groups excluding tert-OH is 1. The lowest BCUT2D eigenvalue weighted by atomic mass is 9.77. The highest BCUT2D eigenvalue weighted by Gasteiger charge is 2.61. The number of aliphatic carboxylic acids is 1. The van der Waals surface area contributed by atoms with E-state index in [2.05, 4.69) is 0 Å². The molecule has 0 spiro atoms. The molecule has 5 unspecified atom stereocenters. The zero-order valence-corrected chi connectivity index (χ0v) is 20.8. The Morgan fingerprint density at radius 1 is 1.09 bits per heavy atom. The van der Waals surface area contributed by atoms with Gasteiger partial charge in [0.2, 0.25) is 5.91 Å². The topological polar surface area (TPSA) is 121 Å². The Labute approximate surface area is 201 Å². The summed E-state index contributed by atoms with van der Waals surface area (Å²) in [5, 5.41) is 20.0. The summed E-state index contributed by atoms with van der Waals surface area (Å²) in [5.74, 6) is -1.39. The first kappa shape index (κ1) is 25.1. The lowest BCUT2D eigenvalue weighted by Gasteiger charge is -2.35. The van der Waals surface area contributed by atoms with Gasteiger partial charge in [-0.25, -0.2) is 0 Å². The van der Waals surface area contributed by atoms with Crippen molar-refractivity contribution in [2.24, 2.45) is 34.5 Å². The fraction of sp³-hybridized carbons (Fsp3) is 0.846. The van der Waals surface area contributed by atoms with Crippen LogP contribution in [0.2, 0.25) is 0 Å². The van der Waals surface area contributed by atoms with Gasteiger partial charge in [-0.1, -0.05) is 34.1 Å². The summed E-state index contributed by atoms with van der Waals surface area (Å²) in [6, 6.07) is -0.861. The molecule has 3 aliphatic carbocycles. The maximum absolute atomic E-state index is 13.7. The first-order valence-corrected chi connectivity index (χ1v) is 12.8. The van der Waals surface area contributed by atoms with E-state index < -0.39 is 40.8 Å². The molecule has 0 aromatic heterocycles. The van der Waals surface area contributed by atoms with Crippen molar-refractivity contribution < 1.29 is 34.1 Å². The van der Waals surface area contributed by atoms with Gasteiger partial charge < -0.3 is 19.8 Å². The van der Waals surface area contributed by atoms with Gasteiger partial charge in [-0.05, 0) is 48.9 Å². The number of aliphatic hydroxyl groups is 1. The van der Waals surface area contributed by atoms with Crippen molar-refractivity contribution in [3.8, 4) is 0 Å². The Balaban J connectivity index is 1.44. The maximum atomic E-state index is 13.7. The lowest BCUT2D eigenvalue weighted by Crippen LogP contribution is -2.48. The predicted molar refractivity (Wildman–Crippen MR) is 122 cm³/mol. The van der Waals surface area contributed by atoms with Crippen LogP contribution in [0.3, 0.4) is 0 Å². The van der Waals surface area contributed by atoms with Gasteiger partial charge in [0.05, 0.1) is 29.9 Å². The van der Waals surface area contributed by atoms with Crippen molar-refractivity contribution >= 4 is 23.6 Å².